The van der Waals surface area contributed by atoms with Crippen LogP contribution in [-0.2, 0) is 81.8 Å². The van der Waals surface area contributed by atoms with Crippen LogP contribution in [-0.4, -0.2) is 69.3 Å². The van der Waals surface area contributed by atoms with Gasteiger partial charge in [-0.25, -0.2) is 19.9 Å². The first-order chi connectivity index (χ1) is 35.7. The van der Waals surface area contributed by atoms with Gasteiger partial charge in [0.2, 0.25) is 0 Å². The molecule has 4 aromatic heterocycles. The Morgan fingerprint density at radius 2 is 0.658 bits per heavy atom. The van der Waals surface area contributed by atoms with Crippen LogP contribution in [0.1, 0.15) is 89.5 Å². The molecule has 0 aliphatic heterocycles. The zero-order valence-electron chi connectivity index (χ0n) is 40.1. The number of ether oxygens (including phenoxy) is 2. The Morgan fingerprint density at radius 1 is 0.408 bits per heavy atom. The van der Waals surface area contributed by atoms with E-state index in [1.807, 2.05) is 24.6 Å². The number of nitrogens with zero attached hydrogens (tertiary/aromatic N) is 4. The summed E-state index contributed by atoms with van der Waals surface area (Å²) < 4.78 is 64.0. The number of aromatic nitrogens is 4. The Balaban J connectivity index is 1.26. The number of phenolic OH excluding ortho intramolecular Hbond substituents is 2. The lowest BCUT2D eigenvalue weighted by atomic mass is 9.88. The van der Waals surface area contributed by atoms with E-state index in [2.05, 4.69) is 9.97 Å². The molecule has 0 spiro atoms. The molecule has 76 heavy (non-hydrogen) atoms. The average Bonchev–Trinajstić information content (AvgIpc) is 4.13. The highest BCUT2D eigenvalue weighted by Crippen LogP contribution is 2.48. The number of fused-ring (bicyclic) bond motifs is 8. The van der Waals surface area contributed by atoms with E-state index < -0.39 is 55.0 Å². The fourth-order valence-electron chi connectivity index (χ4n) is 9.03. The first-order valence-corrected chi connectivity index (χ1v) is 33.5. The van der Waals surface area contributed by atoms with Gasteiger partial charge < -0.3 is 58.8 Å². The molecule has 10 N–H and O–H groups in total. The van der Waals surface area contributed by atoms with Gasteiger partial charge in [-0.3, -0.25) is 18.3 Å². The topological polar surface area (TPSA) is 341 Å². The van der Waals surface area contributed by atoms with Crippen molar-refractivity contribution in [3.63, 3.8) is 0 Å². The summed E-state index contributed by atoms with van der Waals surface area (Å²) >= 11 is 5.48. The predicted molar refractivity (Wildman–Crippen MR) is 288 cm³/mol. The minimum Gasteiger partial charge on any atom is -0.507 e. The van der Waals surface area contributed by atoms with Crippen molar-refractivity contribution in [1.82, 2.24) is 19.9 Å². The number of aromatic hydroxyl groups is 2. The maximum Gasteiger partial charge on any atom is 0.329 e. The van der Waals surface area contributed by atoms with Gasteiger partial charge in [0.15, 0.2) is 20.0 Å². The van der Waals surface area contributed by atoms with Gasteiger partial charge >= 0.3 is 30.4 Å². The maximum absolute atomic E-state index is 12.7. The van der Waals surface area contributed by atoms with Gasteiger partial charge in [0.05, 0.1) is 36.0 Å². The second kappa shape index (κ2) is 22.1. The quantitative estimate of drug-likeness (QED) is 0.0402. The Morgan fingerprint density at radius 3 is 0.908 bits per heavy atom. The molecule has 0 saturated heterocycles. The molecular weight excluding hydrogens is 1140 g/mol. The van der Waals surface area contributed by atoms with Gasteiger partial charge in [0.1, 0.15) is 36.2 Å². The third-order valence-electron chi connectivity index (χ3n) is 11.8. The molecule has 0 saturated carbocycles. The van der Waals surface area contributed by atoms with Gasteiger partial charge in [-0.05, 0) is 80.6 Å². The maximum atomic E-state index is 12.7. The Bertz CT molecular complexity index is 3390. The van der Waals surface area contributed by atoms with Gasteiger partial charge in [-0.2, -0.15) is 0 Å². The van der Waals surface area contributed by atoms with Crippen molar-refractivity contribution in [3.8, 4) is 43.0 Å². The summed E-state index contributed by atoms with van der Waals surface area (Å²) in [6.07, 6.45) is -4.18. The number of aryl methyl sites for hydroxylation is 2. The van der Waals surface area contributed by atoms with E-state index in [0.29, 0.717) is 31.4 Å². The van der Waals surface area contributed by atoms with Gasteiger partial charge in [0, 0.05) is 58.6 Å². The second-order valence-electron chi connectivity index (χ2n) is 18.5. The Kier molecular flexibility index (Phi) is 16.3. The molecular formula is C48H48N4O16P4S4. The van der Waals surface area contributed by atoms with Crippen molar-refractivity contribution < 1.29 is 77.1 Å². The Hall–Kier alpha value is -4.80. The highest BCUT2D eigenvalue weighted by atomic mass is 32.1. The molecule has 0 fully saturated rings. The summed E-state index contributed by atoms with van der Waals surface area (Å²) in [5.41, 5.74) is 4.37. The number of hydrogen-bond acceptors (Lipinski definition) is 16. The largest absolute Gasteiger partial charge is 0.507 e. The summed E-state index contributed by atoms with van der Waals surface area (Å²) in [6.45, 7) is 3.39. The van der Waals surface area contributed by atoms with E-state index in [4.69, 9.17) is 19.4 Å². The van der Waals surface area contributed by atoms with Crippen LogP contribution in [0.3, 0.4) is 0 Å². The summed E-state index contributed by atoms with van der Waals surface area (Å²) in [5, 5.41) is 34.7. The van der Waals surface area contributed by atoms with E-state index in [9.17, 15) is 67.6 Å². The van der Waals surface area contributed by atoms with Crippen LogP contribution < -0.4 is 9.47 Å². The lowest BCUT2D eigenvalue weighted by Crippen LogP contribution is -2.09. The van der Waals surface area contributed by atoms with Crippen molar-refractivity contribution >= 4 is 75.7 Å². The van der Waals surface area contributed by atoms with E-state index in [1.54, 1.807) is 10.8 Å². The monoisotopic (exact) mass is 1190 g/mol. The molecule has 9 rings (SSSR count). The molecule has 1 aliphatic rings. The number of benzene rings is 4. The molecule has 8 aromatic rings. The van der Waals surface area contributed by atoms with Crippen LogP contribution in [0.25, 0.3) is 20.0 Å². The van der Waals surface area contributed by atoms with Gasteiger partial charge in [0.25, 0.3) is 0 Å². The molecule has 400 valence electrons. The molecule has 28 heteroatoms. The van der Waals surface area contributed by atoms with Crippen molar-refractivity contribution in [2.24, 2.45) is 0 Å². The molecule has 0 unspecified atom stereocenters. The second-order valence-corrected chi connectivity index (χ2v) is 28.5. The highest BCUT2D eigenvalue weighted by molar-refractivity contribution is 7.51. The van der Waals surface area contributed by atoms with E-state index in [-0.39, 0.29) is 129 Å². The lowest BCUT2D eigenvalue weighted by molar-refractivity contribution is 0.296. The molecule has 0 radical (unpaired) electrons. The van der Waals surface area contributed by atoms with E-state index >= 15 is 0 Å². The number of phenols is 2. The summed E-state index contributed by atoms with van der Waals surface area (Å²) in [6, 6.07) is 11.5. The standard InChI is InChI=1S/C48H48N4O16P4S4/c1-25-21-73-45(49-25)47-51-39(23-75-47)15-67-43-35-7-29(19-71(61,62)63)8-36(43)12-32-4-28(18-70(58,59)60)6-34(42(32)54)14-38-10-30(20-72(64,65)66)9-37(13-33-5-27(17-69(55,56)57)3-31(11-35)41(33)53)44(38)68-16-40-24-76-48(52-40)46-50-26(2)22-74-46/h3-10,21-24,53-54H,11-20H2,1-2H3,(H2,55,56,57)(H2,58,59,60)(H2,61,62,63)(H2,64,65,66). The first kappa shape index (κ1) is 55.9. The summed E-state index contributed by atoms with van der Waals surface area (Å²) in [7, 11) is -19.1. The van der Waals surface area contributed by atoms with Gasteiger partial charge in [-0.15, -0.1) is 45.3 Å². The van der Waals surface area contributed by atoms with Crippen LogP contribution >= 0.6 is 75.7 Å². The van der Waals surface area contributed by atoms with Crippen molar-refractivity contribution in [3.05, 3.63) is 160 Å². The zero-order valence-corrected chi connectivity index (χ0v) is 47.0. The number of thiazole rings is 4. The van der Waals surface area contributed by atoms with Crippen LogP contribution in [0.15, 0.2) is 70.1 Å². The van der Waals surface area contributed by atoms with E-state index in [1.165, 1.54) is 93.9 Å². The van der Waals surface area contributed by atoms with Crippen LogP contribution in [0.4, 0.5) is 0 Å². The third kappa shape index (κ3) is 14.5. The molecule has 0 amide bonds. The summed E-state index contributed by atoms with van der Waals surface area (Å²) in [4.78, 5) is 101. The smallest absolute Gasteiger partial charge is 0.329 e. The zero-order chi connectivity index (χ0) is 54.5. The minimum atomic E-state index is -4.79. The predicted octanol–water partition coefficient (Wildman–Crippen LogP) is 9.42. The van der Waals surface area contributed by atoms with Crippen molar-refractivity contribution in [2.75, 3.05) is 0 Å². The molecule has 20 nitrogen and oxygen atoms in total. The van der Waals surface area contributed by atoms with Crippen molar-refractivity contribution in [2.45, 2.75) is 77.4 Å². The van der Waals surface area contributed by atoms with Crippen LogP contribution in [0, 0.1) is 13.8 Å². The fourth-order valence-corrected chi connectivity index (χ4v) is 15.0. The number of hydrogen-bond donors (Lipinski definition) is 10. The minimum absolute atomic E-state index is 0.0951. The number of rotatable bonds is 16. The van der Waals surface area contributed by atoms with Crippen LogP contribution in [0.5, 0.6) is 23.0 Å². The molecule has 1 aliphatic carbocycles. The van der Waals surface area contributed by atoms with E-state index in [0.717, 1.165) is 11.4 Å². The first-order valence-electron chi connectivity index (χ1n) is 22.8. The SMILES string of the molecule is Cc1csc(-c2nc(COc3c4cc(CP(=O)(O)O)cc3Cc3cc(CP(=O)(O)O)cc(c3O)Cc3cc(CP(=O)(O)O)cc(c3OCc3csc(-c5nc(C)cs5)n3)Cc3cc(CP(=O)(O)O)cc(c3O)C4)cs2)n1. The lowest BCUT2D eigenvalue weighted by Gasteiger charge is -2.23. The molecule has 8 bridgehead atoms. The summed E-state index contributed by atoms with van der Waals surface area (Å²) in [5.74, 6) is -0.444. The van der Waals surface area contributed by atoms with Crippen LogP contribution in [0.2, 0.25) is 0 Å². The normalized spacial score (nSPS) is 13.3. The molecule has 4 heterocycles. The third-order valence-corrected chi connectivity index (χ3v) is 18.9. The highest BCUT2D eigenvalue weighted by Gasteiger charge is 2.28. The van der Waals surface area contributed by atoms with Gasteiger partial charge in [-0.1, -0.05) is 48.5 Å². The Labute approximate surface area is 450 Å². The molecule has 0 atom stereocenters. The fraction of sp³-hybridized carbons (Fsp3) is 0.250. The molecule has 4 aromatic carbocycles. The average molecular weight is 1190 g/mol. The van der Waals surface area contributed by atoms with Crippen molar-refractivity contribution in [1.29, 1.82) is 0 Å².